The van der Waals surface area contributed by atoms with Crippen molar-refractivity contribution in [2.45, 2.75) is 13.5 Å². The second kappa shape index (κ2) is 8.83. The van der Waals surface area contributed by atoms with Gasteiger partial charge in [0.25, 0.3) is 11.5 Å². The van der Waals surface area contributed by atoms with E-state index in [4.69, 9.17) is 9.72 Å². The van der Waals surface area contributed by atoms with Crippen molar-refractivity contribution in [3.05, 3.63) is 101 Å². The molecule has 0 atom stereocenters. The summed E-state index contributed by atoms with van der Waals surface area (Å²) in [5.41, 5.74) is 3.33. The van der Waals surface area contributed by atoms with Crippen LogP contribution in [-0.2, 0) is 6.54 Å². The van der Waals surface area contributed by atoms with Gasteiger partial charge in [0, 0.05) is 29.8 Å². The van der Waals surface area contributed by atoms with Crippen molar-refractivity contribution < 1.29 is 9.53 Å². The maximum atomic E-state index is 13.3. The molecule has 1 N–H and O–H groups in total. The number of pyridine rings is 2. The van der Waals surface area contributed by atoms with Crippen LogP contribution in [0.5, 0.6) is 5.75 Å². The van der Waals surface area contributed by atoms with E-state index in [1.54, 1.807) is 23.9 Å². The summed E-state index contributed by atoms with van der Waals surface area (Å²) in [6, 6.07) is 24.5. The number of para-hydroxylation sites is 1. The number of nitrogens with zero attached hydrogens (tertiary/aromatic N) is 2. The Morgan fingerprint density at radius 1 is 0.971 bits per heavy atom. The monoisotopic (exact) mass is 449 g/mol. The summed E-state index contributed by atoms with van der Waals surface area (Å²) >= 11 is 0. The van der Waals surface area contributed by atoms with Gasteiger partial charge in [0.15, 0.2) is 0 Å². The number of ether oxygens (including phenoxy) is 1. The van der Waals surface area contributed by atoms with E-state index in [1.165, 1.54) is 6.07 Å². The van der Waals surface area contributed by atoms with E-state index >= 15 is 0 Å². The zero-order valence-corrected chi connectivity index (χ0v) is 18.9. The molecule has 0 aliphatic rings. The van der Waals surface area contributed by atoms with Crippen LogP contribution >= 0.6 is 0 Å². The number of carbonyl (C=O) groups excluding carboxylic acids is 1. The van der Waals surface area contributed by atoms with E-state index < -0.39 is 0 Å². The standard InChI is InChI=1S/C28H23N3O3/c1-3-31-17-21(11-13-27(31)32)29-28(33)24-16-26(30-25-7-5-4-6-23(24)25)20-9-8-19-15-22(34-2)12-10-18(19)14-20/h4-17H,3H2,1-2H3,(H,29,33). The molecule has 6 heteroatoms. The Morgan fingerprint density at radius 2 is 1.76 bits per heavy atom. The SMILES string of the molecule is CCn1cc(NC(=O)c2cc(-c3ccc4cc(OC)ccc4c3)nc3ccccc23)ccc1=O. The van der Waals surface area contributed by atoms with Gasteiger partial charge in [-0.15, -0.1) is 0 Å². The zero-order chi connectivity index (χ0) is 23.7. The Hall–Kier alpha value is -4.45. The quantitative estimate of drug-likeness (QED) is 0.385. The van der Waals surface area contributed by atoms with Crippen molar-refractivity contribution in [1.82, 2.24) is 9.55 Å². The minimum Gasteiger partial charge on any atom is -0.497 e. The van der Waals surface area contributed by atoms with E-state index in [2.05, 4.69) is 11.4 Å². The minimum atomic E-state index is -0.258. The Balaban J connectivity index is 1.58. The van der Waals surface area contributed by atoms with Gasteiger partial charge in [-0.25, -0.2) is 4.98 Å². The predicted octanol–water partition coefficient (Wildman–Crippen LogP) is 5.50. The first-order chi connectivity index (χ1) is 16.6. The van der Waals surface area contributed by atoms with Crippen molar-refractivity contribution in [3.8, 4) is 17.0 Å². The van der Waals surface area contributed by atoms with Crippen LogP contribution in [0.1, 0.15) is 17.3 Å². The summed E-state index contributed by atoms with van der Waals surface area (Å²) in [6.07, 6.45) is 1.65. The molecule has 2 heterocycles. The summed E-state index contributed by atoms with van der Waals surface area (Å²) in [6.45, 7) is 2.41. The molecule has 0 unspecified atom stereocenters. The van der Waals surface area contributed by atoms with Gasteiger partial charge in [-0.05, 0) is 54.1 Å². The molecule has 0 saturated carbocycles. The molecule has 168 valence electrons. The van der Waals surface area contributed by atoms with Crippen molar-refractivity contribution >= 4 is 33.3 Å². The van der Waals surface area contributed by atoms with Crippen LogP contribution in [0.25, 0.3) is 32.9 Å². The van der Waals surface area contributed by atoms with Crippen LogP contribution in [0.15, 0.2) is 89.9 Å². The molecule has 2 aromatic heterocycles. The number of nitrogens with one attached hydrogen (secondary N) is 1. The molecule has 0 bridgehead atoms. The Bertz CT molecular complexity index is 1600. The summed E-state index contributed by atoms with van der Waals surface area (Å²) in [5.74, 6) is 0.545. The third-order valence-corrected chi connectivity index (χ3v) is 5.89. The second-order valence-electron chi connectivity index (χ2n) is 8.00. The topological polar surface area (TPSA) is 73.2 Å². The second-order valence-corrected chi connectivity index (χ2v) is 8.00. The number of carbonyl (C=O) groups is 1. The molecule has 6 nitrogen and oxygen atoms in total. The number of benzene rings is 3. The fourth-order valence-corrected chi connectivity index (χ4v) is 4.07. The first-order valence-corrected chi connectivity index (χ1v) is 11.1. The van der Waals surface area contributed by atoms with E-state index in [0.717, 1.165) is 33.0 Å². The number of hydrogen-bond donors (Lipinski definition) is 1. The van der Waals surface area contributed by atoms with Gasteiger partial charge in [0.1, 0.15) is 5.75 Å². The van der Waals surface area contributed by atoms with Crippen molar-refractivity contribution in [2.24, 2.45) is 0 Å². The number of methoxy groups -OCH3 is 1. The molecule has 5 rings (SSSR count). The molecule has 1 amide bonds. The summed E-state index contributed by atoms with van der Waals surface area (Å²) in [5, 5.41) is 5.81. The van der Waals surface area contributed by atoms with Crippen LogP contribution in [-0.4, -0.2) is 22.6 Å². The average molecular weight is 450 g/mol. The average Bonchev–Trinajstić information content (AvgIpc) is 2.88. The first kappa shape index (κ1) is 21.4. The molecule has 0 saturated heterocycles. The molecule has 0 radical (unpaired) electrons. The third kappa shape index (κ3) is 4.01. The third-order valence-electron chi connectivity index (χ3n) is 5.89. The van der Waals surface area contributed by atoms with Gasteiger partial charge >= 0.3 is 0 Å². The molecular weight excluding hydrogens is 426 g/mol. The van der Waals surface area contributed by atoms with E-state index in [0.29, 0.717) is 23.5 Å². The first-order valence-electron chi connectivity index (χ1n) is 11.1. The molecule has 34 heavy (non-hydrogen) atoms. The summed E-state index contributed by atoms with van der Waals surface area (Å²) in [7, 11) is 1.65. The van der Waals surface area contributed by atoms with Crippen LogP contribution in [0, 0.1) is 0 Å². The Morgan fingerprint density at radius 3 is 2.59 bits per heavy atom. The van der Waals surface area contributed by atoms with Gasteiger partial charge in [0.05, 0.1) is 29.6 Å². The molecule has 3 aromatic carbocycles. The molecular formula is C28H23N3O3. The lowest BCUT2D eigenvalue weighted by molar-refractivity contribution is 0.102. The number of aromatic nitrogens is 2. The van der Waals surface area contributed by atoms with Gasteiger partial charge in [-0.3, -0.25) is 9.59 Å². The van der Waals surface area contributed by atoms with Crippen molar-refractivity contribution in [2.75, 3.05) is 12.4 Å². The fraction of sp³-hybridized carbons (Fsp3) is 0.107. The smallest absolute Gasteiger partial charge is 0.256 e. The minimum absolute atomic E-state index is 0.105. The van der Waals surface area contributed by atoms with E-state index in [1.807, 2.05) is 67.6 Å². The van der Waals surface area contributed by atoms with Gasteiger partial charge in [-0.1, -0.05) is 36.4 Å². The highest BCUT2D eigenvalue weighted by Crippen LogP contribution is 2.29. The number of rotatable bonds is 5. The van der Waals surface area contributed by atoms with E-state index in [9.17, 15) is 9.59 Å². The highest BCUT2D eigenvalue weighted by Gasteiger charge is 2.15. The maximum Gasteiger partial charge on any atom is 0.256 e. The maximum absolute atomic E-state index is 13.3. The van der Waals surface area contributed by atoms with Crippen LogP contribution in [0.2, 0.25) is 0 Å². The Kier molecular flexibility index (Phi) is 5.55. The molecule has 0 aliphatic carbocycles. The lowest BCUT2D eigenvalue weighted by Gasteiger charge is -2.12. The molecule has 5 aromatic rings. The number of fused-ring (bicyclic) bond motifs is 2. The Labute approximate surface area is 196 Å². The largest absolute Gasteiger partial charge is 0.497 e. The van der Waals surface area contributed by atoms with Crippen molar-refractivity contribution in [3.63, 3.8) is 0 Å². The zero-order valence-electron chi connectivity index (χ0n) is 18.9. The summed E-state index contributed by atoms with van der Waals surface area (Å²) < 4.78 is 6.87. The number of anilines is 1. The molecule has 0 aliphatic heterocycles. The molecule has 0 fully saturated rings. The van der Waals surface area contributed by atoms with Crippen LogP contribution in [0.4, 0.5) is 5.69 Å². The van der Waals surface area contributed by atoms with Gasteiger partial charge < -0.3 is 14.6 Å². The highest BCUT2D eigenvalue weighted by atomic mass is 16.5. The number of amides is 1. The number of hydrogen-bond acceptors (Lipinski definition) is 4. The van der Waals surface area contributed by atoms with Crippen LogP contribution < -0.4 is 15.6 Å². The predicted molar refractivity (Wildman–Crippen MR) is 136 cm³/mol. The van der Waals surface area contributed by atoms with Gasteiger partial charge in [-0.2, -0.15) is 0 Å². The van der Waals surface area contributed by atoms with E-state index in [-0.39, 0.29) is 11.5 Å². The van der Waals surface area contributed by atoms with Crippen molar-refractivity contribution in [1.29, 1.82) is 0 Å². The number of aryl methyl sites for hydroxylation is 1. The van der Waals surface area contributed by atoms with Gasteiger partial charge in [0.2, 0.25) is 0 Å². The molecule has 0 spiro atoms. The summed E-state index contributed by atoms with van der Waals surface area (Å²) in [4.78, 5) is 30.1. The van der Waals surface area contributed by atoms with Crippen LogP contribution in [0.3, 0.4) is 0 Å². The lowest BCUT2D eigenvalue weighted by atomic mass is 10.0. The highest BCUT2D eigenvalue weighted by molar-refractivity contribution is 6.13. The lowest BCUT2D eigenvalue weighted by Crippen LogP contribution is -2.20. The fourth-order valence-electron chi connectivity index (χ4n) is 4.07. The normalized spacial score (nSPS) is 11.0.